The van der Waals surface area contributed by atoms with Crippen molar-refractivity contribution < 1.29 is 14.2 Å². The molecule has 0 unspecified atom stereocenters. The first-order chi connectivity index (χ1) is 9.35. The molecule has 4 nitrogen and oxygen atoms in total. The van der Waals surface area contributed by atoms with E-state index in [0.29, 0.717) is 17.3 Å². The highest BCUT2D eigenvalue weighted by Gasteiger charge is 2.19. The Morgan fingerprint density at radius 1 is 1.35 bits per heavy atom. The molecule has 0 fully saturated rings. The predicted molar refractivity (Wildman–Crippen MR) is 79.6 cm³/mol. The number of nitrogens with one attached hydrogen (secondary N) is 1. The standard InChI is InChI=1S/C15H20ClNO3/c1-10(16)8-18-12-6-14-13(19-9-20-14)5-11(12)7-17-15(2,3)4/h5-6,17H,1,7-9H2,2-4H3. The fourth-order valence-electron chi connectivity index (χ4n) is 1.75. The van der Waals surface area contributed by atoms with Gasteiger partial charge in [-0.1, -0.05) is 18.2 Å². The van der Waals surface area contributed by atoms with Crippen molar-refractivity contribution in [2.75, 3.05) is 13.4 Å². The van der Waals surface area contributed by atoms with Crippen LogP contribution in [-0.4, -0.2) is 18.9 Å². The summed E-state index contributed by atoms with van der Waals surface area (Å²) in [5.74, 6) is 2.17. The zero-order valence-corrected chi connectivity index (χ0v) is 12.8. The largest absolute Gasteiger partial charge is 0.488 e. The van der Waals surface area contributed by atoms with Crippen molar-refractivity contribution in [2.45, 2.75) is 32.9 Å². The quantitative estimate of drug-likeness (QED) is 0.904. The number of ether oxygens (including phenoxy) is 3. The van der Waals surface area contributed by atoms with Crippen LogP contribution in [0.25, 0.3) is 0 Å². The van der Waals surface area contributed by atoms with Crippen LogP contribution in [0.5, 0.6) is 17.2 Å². The van der Waals surface area contributed by atoms with Gasteiger partial charge >= 0.3 is 0 Å². The Morgan fingerprint density at radius 2 is 2.00 bits per heavy atom. The van der Waals surface area contributed by atoms with Gasteiger partial charge in [0.15, 0.2) is 11.5 Å². The minimum Gasteiger partial charge on any atom is -0.488 e. The molecule has 1 aliphatic heterocycles. The Kier molecular flexibility index (Phi) is 4.45. The number of hydrogen-bond donors (Lipinski definition) is 1. The molecule has 1 aliphatic rings. The number of fused-ring (bicyclic) bond motifs is 1. The van der Waals surface area contributed by atoms with Gasteiger partial charge in [0, 0.05) is 28.7 Å². The lowest BCUT2D eigenvalue weighted by Gasteiger charge is -2.22. The van der Waals surface area contributed by atoms with Gasteiger partial charge in [0.2, 0.25) is 6.79 Å². The van der Waals surface area contributed by atoms with Gasteiger partial charge in [-0.3, -0.25) is 0 Å². The molecule has 5 heteroatoms. The fraction of sp³-hybridized carbons (Fsp3) is 0.467. The number of halogens is 1. The molecule has 20 heavy (non-hydrogen) atoms. The second-order valence-corrected chi connectivity index (χ2v) is 6.26. The van der Waals surface area contributed by atoms with E-state index in [9.17, 15) is 0 Å². The Labute approximate surface area is 124 Å². The van der Waals surface area contributed by atoms with Gasteiger partial charge in [-0.15, -0.1) is 0 Å². The van der Waals surface area contributed by atoms with E-state index >= 15 is 0 Å². The Morgan fingerprint density at radius 3 is 2.60 bits per heavy atom. The summed E-state index contributed by atoms with van der Waals surface area (Å²) in [6, 6.07) is 3.77. The Bertz CT molecular complexity index is 509. The zero-order valence-electron chi connectivity index (χ0n) is 12.1. The summed E-state index contributed by atoms with van der Waals surface area (Å²) in [4.78, 5) is 0. The maximum absolute atomic E-state index is 5.76. The summed E-state index contributed by atoms with van der Waals surface area (Å²) in [5, 5.41) is 3.88. The van der Waals surface area contributed by atoms with Crippen molar-refractivity contribution in [3.8, 4) is 17.2 Å². The van der Waals surface area contributed by atoms with E-state index in [-0.39, 0.29) is 18.9 Å². The Balaban J connectivity index is 2.20. The maximum atomic E-state index is 5.76. The van der Waals surface area contributed by atoms with Gasteiger partial charge in [-0.05, 0) is 26.8 Å². The van der Waals surface area contributed by atoms with E-state index in [1.807, 2.05) is 12.1 Å². The molecule has 1 aromatic rings. The average molecular weight is 298 g/mol. The number of hydrogen-bond acceptors (Lipinski definition) is 4. The van der Waals surface area contributed by atoms with E-state index in [1.54, 1.807) is 0 Å². The smallest absolute Gasteiger partial charge is 0.231 e. The van der Waals surface area contributed by atoms with Crippen LogP contribution in [0.4, 0.5) is 0 Å². The Hall–Kier alpha value is -1.39. The summed E-state index contributed by atoms with van der Waals surface area (Å²) >= 11 is 5.76. The minimum absolute atomic E-state index is 0.0176. The lowest BCUT2D eigenvalue weighted by molar-refractivity contribution is 0.173. The van der Waals surface area contributed by atoms with Crippen LogP contribution in [-0.2, 0) is 6.54 Å². The molecule has 0 aliphatic carbocycles. The molecular formula is C15H20ClNO3. The topological polar surface area (TPSA) is 39.7 Å². The van der Waals surface area contributed by atoms with Crippen molar-refractivity contribution in [3.63, 3.8) is 0 Å². The molecule has 0 saturated heterocycles. The SMILES string of the molecule is C=C(Cl)COc1cc2c(cc1CNC(C)(C)C)OCO2. The molecule has 110 valence electrons. The summed E-state index contributed by atoms with van der Waals surface area (Å²) in [6.45, 7) is 11.1. The summed E-state index contributed by atoms with van der Waals surface area (Å²) in [5.41, 5.74) is 1.02. The molecule has 0 aromatic heterocycles. The van der Waals surface area contributed by atoms with Crippen LogP contribution in [0.1, 0.15) is 26.3 Å². The molecular weight excluding hydrogens is 278 g/mol. The van der Waals surface area contributed by atoms with Crippen molar-refractivity contribution in [1.29, 1.82) is 0 Å². The van der Waals surface area contributed by atoms with Gasteiger partial charge in [0.05, 0.1) is 0 Å². The number of benzene rings is 1. The highest BCUT2D eigenvalue weighted by molar-refractivity contribution is 6.29. The van der Waals surface area contributed by atoms with Gasteiger partial charge in [0.25, 0.3) is 0 Å². The molecule has 0 spiro atoms. The fourth-order valence-corrected chi connectivity index (χ4v) is 1.81. The molecule has 0 amide bonds. The third-order valence-electron chi connectivity index (χ3n) is 2.75. The van der Waals surface area contributed by atoms with Crippen LogP contribution in [0.15, 0.2) is 23.7 Å². The zero-order chi connectivity index (χ0) is 14.8. The van der Waals surface area contributed by atoms with E-state index < -0.39 is 0 Å². The third-order valence-corrected chi connectivity index (χ3v) is 2.86. The average Bonchev–Trinajstić information content (AvgIpc) is 2.79. The molecule has 0 radical (unpaired) electrons. The van der Waals surface area contributed by atoms with Crippen molar-refractivity contribution in [3.05, 3.63) is 29.3 Å². The predicted octanol–water partition coefficient (Wildman–Crippen LogP) is 3.43. The van der Waals surface area contributed by atoms with Crippen molar-refractivity contribution in [1.82, 2.24) is 5.32 Å². The van der Waals surface area contributed by atoms with Crippen LogP contribution < -0.4 is 19.5 Å². The molecule has 2 rings (SSSR count). The van der Waals surface area contributed by atoms with Gasteiger partial charge in [0.1, 0.15) is 12.4 Å². The molecule has 0 atom stereocenters. The van der Waals surface area contributed by atoms with Gasteiger partial charge in [-0.2, -0.15) is 0 Å². The molecule has 0 bridgehead atoms. The van der Waals surface area contributed by atoms with E-state index in [2.05, 4.69) is 32.7 Å². The lowest BCUT2D eigenvalue weighted by Crippen LogP contribution is -2.35. The monoisotopic (exact) mass is 297 g/mol. The summed E-state index contributed by atoms with van der Waals surface area (Å²) in [6.07, 6.45) is 0. The first-order valence-corrected chi connectivity index (χ1v) is 6.86. The molecule has 1 heterocycles. The van der Waals surface area contributed by atoms with Crippen LogP contribution in [0.3, 0.4) is 0 Å². The second-order valence-electron chi connectivity index (χ2n) is 5.72. The second kappa shape index (κ2) is 5.94. The van der Waals surface area contributed by atoms with E-state index in [4.69, 9.17) is 25.8 Å². The highest BCUT2D eigenvalue weighted by Crippen LogP contribution is 2.38. The van der Waals surface area contributed by atoms with Gasteiger partial charge in [-0.25, -0.2) is 0 Å². The molecule has 1 N–H and O–H groups in total. The lowest BCUT2D eigenvalue weighted by atomic mass is 10.1. The van der Waals surface area contributed by atoms with E-state index in [0.717, 1.165) is 17.1 Å². The summed E-state index contributed by atoms with van der Waals surface area (Å²) in [7, 11) is 0. The third kappa shape index (κ3) is 4.05. The normalized spacial score (nSPS) is 13.4. The maximum Gasteiger partial charge on any atom is 0.231 e. The van der Waals surface area contributed by atoms with Crippen molar-refractivity contribution in [2.24, 2.45) is 0 Å². The van der Waals surface area contributed by atoms with Crippen LogP contribution in [0.2, 0.25) is 0 Å². The van der Waals surface area contributed by atoms with Gasteiger partial charge < -0.3 is 19.5 Å². The van der Waals surface area contributed by atoms with E-state index in [1.165, 1.54) is 0 Å². The van der Waals surface area contributed by atoms with Crippen LogP contribution in [0, 0.1) is 0 Å². The first kappa shape index (κ1) is 15.0. The molecule has 0 saturated carbocycles. The first-order valence-electron chi connectivity index (χ1n) is 6.49. The number of rotatable bonds is 5. The van der Waals surface area contributed by atoms with Crippen molar-refractivity contribution >= 4 is 11.6 Å². The molecule has 1 aromatic carbocycles. The van der Waals surface area contributed by atoms with Crippen LogP contribution >= 0.6 is 11.6 Å². The summed E-state index contributed by atoms with van der Waals surface area (Å²) < 4.78 is 16.5. The minimum atomic E-state index is 0.0176. The highest BCUT2D eigenvalue weighted by atomic mass is 35.5.